The van der Waals surface area contributed by atoms with E-state index in [1.807, 2.05) is 0 Å². The van der Waals surface area contributed by atoms with E-state index in [0.29, 0.717) is 0 Å². The van der Waals surface area contributed by atoms with Gasteiger partial charge in [0.2, 0.25) is 0 Å². The Labute approximate surface area is 362 Å². The molecule has 11 rings (SSSR count). The van der Waals surface area contributed by atoms with Crippen molar-refractivity contribution in [2.24, 2.45) is 0 Å². The second kappa shape index (κ2) is 13.0. The van der Waals surface area contributed by atoms with Gasteiger partial charge in [-0.25, -0.2) is 0 Å². The summed E-state index contributed by atoms with van der Waals surface area (Å²) in [4.78, 5) is 2.50. The Balaban J connectivity index is 1.20. The molecule has 0 aliphatic heterocycles. The van der Waals surface area contributed by atoms with Crippen LogP contribution in [0.1, 0.15) is 99.9 Å². The van der Waals surface area contributed by atoms with Gasteiger partial charge < -0.3 is 4.90 Å². The lowest BCUT2D eigenvalue weighted by Crippen LogP contribution is -2.30. The van der Waals surface area contributed by atoms with Gasteiger partial charge in [-0.1, -0.05) is 195 Å². The van der Waals surface area contributed by atoms with Gasteiger partial charge in [0.1, 0.15) is 0 Å². The van der Waals surface area contributed by atoms with Crippen molar-refractivity contribution in [2.45, 2.75) is 77.0 Å². The van der Waals surface area contributed by atoms with Crippen LogP contribution in [0.25, 0.3) is 44.5 Å². The molecule has 0 amide bonds. The highest BCUT2D eigenvalue weighted by Crippen LogP contribution is 2.65. The predicted molar refractivity (Wildman–Crippen MR) is 258 cm³/mol. The topological polar surface area (TPSA) is 3.24 Å². The highest BCUT2D eigenvalue weighted by molar-refractivity contribution is 5.98. The lowest BCUT2D eigenvalue weighted by atomic mass is 9.65. The van der Waals surface area contributed by atoms with Crippen molar-refractivity contribution in [1.82, 2.24) is 0 Å². The monoisotopic (exact) mass is 787 g/mol. The number of hydrogen-bond acceptors (Lipinski definition) is 1. The first kappa shape index (κ1) is 37.6. The van der Waals surface area contributed by atoms with Crippen LogP contribution in [0.4, 0.5) is 17.1 Å². The maximum absolute atomic E-state index is 2.55. The van der Waals surface area contributed by atoms with Crippen molar-refractivity contribution in [2.75, 3.05) is 4.90 Å². The third-order valence-corrected chi connectivity index (χ3v) is 14.2. The fourth-order valence-corrected chi connectivity index (χ4v) is 11.1. The van der Waals surface area contributed by atoms with Gasteiger partial charge in [-0.15, -0.1) is 0 Å². The molecule has 0 fully saturated rings. The Kier molecular flexibility index (Phi) is 8.02. The van der Waals surface area contributed by atoms with E-state index in [4.69, 9.17) is 0 Å². The molecule has 0 saturated heterocycles. The van der Waals surface area contributed by atoms with Gasteiger partial charge >= 0.3 is 0 Å². The van der Waals surface area contributed by atoms with Crippen molar-refractivity contribution in [3.05, 3.63) is 220 Å². The molecule has 61 heavy (non-hydrogen) atoms. The van der Waals surface area contributed by atoms with Gasteiger partial charge in [0.05, 0.1) is 5.41 Å². The first-order chi connectivity index (χ1) is 29.3. The summed E-state index contributed by atoms with van der Waals surface area (Å²) in [6, 6.07) is 66.9. The van der Waals surface area contributed by atoms with E-state index < -0.39 is 5.41 Å². The van der Waals surface area contributed by atoms with Gasteiger partial charge in [-0.3, -0.25) is 0 Å². The first-order valence-corrected chi connectivity index (χ1v) is 22.0. The zero-order chi connectivity index (χ0) is 42.1. The van der Waals surface area contributed by atoms with E-state index in [0.717, 1.165) is 17.1 Å². The lowest BCUT2D eigenvalue weighted by Gasteiger charge is -2.37. The van der Waals surface area contributed by atoms with E-state index in [9.17, 15) is 0 Å². The summed E-state index contributed by atoms with van der Waals surface area (Å²) in [6.45, 7) is 19.0. The molecule has 0 radical (unpaired) electrons. The molecule has 1 nitrogen and oxygen atoms in total. The van der Waals surface area contributed by atoms with E-state index in [1.54, 1.807) is 0 Å². The van der Waals surface area contributed by atoms with Crippen LogP contribution >= 0.6 is 0 Å². The molecular formula is C60H53N. The van der Waals surface area contributed by atoms with Crippen molar-refractivity contribution in [3.8, 4) is 44.5 Å². The maximum atomic E-state index is 2.55. The second-order valence-corrected chi connectivity index (χ2v) is 20.2. The number of fused-ring (bicyclic) bond motifs is 13. The summed E-state index contributed by atoms with van der Waals surface area (Å²) in [5.41, 5.74) is 24.3. The van der Waals surface area contributed by atoms with Crippen LogP contribution in [0, 0.1) is 0 Å². The van der Waals surface area contributed by atoms with Crippen molar-refractivity contribution >= 4 is 17.1 Å². The molecule has 1 spiro atoms. The normalized spacial score (nSPS) is 14.8. The number of benzene rings is 8. The fraction of sp³-hybridized carbons (Fsp3) is 0.200. The highest BCUT2D eigenvalue weighted by Gasteiger charge is 2.54. The standard InChI is InChI=1S/C60H53N/c1-57(2,3)40-34-49-48-33-31-43(37-54(48)60(56(49)55(35-40)58(4,5)6)51-24-16-13-21-45(51)46-22-14-17-25-52(46)60)61(41-28-26-39(27-29-41)38-18-10-9-11-19-38)42-30-32-47-44-20-12-15-23-50(44)59(7,8)53(47)36-42/h9-37H,1-8H3. The second-order valence-electron chi connectivity index (χ2n) is 20.2. The predicted octanol–water partition coefficient (Wildman–Crippen LogP) is 16.1. The molecule has 0 aromatic heterocycles. The molecule has 0 saturated carbocycles. The molecule has 0 bridgehead atoms. The Morgan fingerprint density at radius 3 is 1.39 bits per heavy atom. The summed E-state index contributed by atoms with van der Waals surface area (Å²) < 4.78 is 0. The van der Waals surface area contributed by atoms with E-state index in [1.165, 1.54) is 89.0 Å². The van der Waals surface area contributed by atoms with Crippen LogP contribution in [0.5, 0.6) is 0 Å². The number of hydrogen-bond donors (Lipinski definition) is 0. The summed E-state index contributed by atoms with van der Waals surface area (Å²) in [5, 5.41) is 0. The summed E-state index contributed by atoms with van der Waals surface area (Å²) in [5.74, 6) is 0. The summed E-state index contributed by atoms with van der Waals surface area (Å²) in [7, 11) is 0. The van der Waals surface area contributed by atoms with Gasteiger partial charge in [-0.05, 0) is 136 Å². The molecule has 1 heteroatoms. The molecule has 0 atom stereocenters. The Hall–Kier alpha value is -6.44. The van der Waals surface area contributed by atoms with Gasteiger partial charge in [0, 0.05) is 22.5 Å². The minimum Gasteiger partial charge on any atom is -0.310 e. The van der Waals surface area contributed by atoms with Crippen LogP contribution in [-0.4, -0.2) is 0 Å². The largest absolute Gasteiger partial charge is 0.310 e. The molecule has 3 aliphatic carbocycles. The van der Waals surface area contributed by atoms with Gasteiger partial charge in [0.25, 0.3) is 0 Å². The summed E-state index contributed by atoms with van der Waals surface area (Å²) >= 11 is 0. The zero-order valence-electron chi connectivity index (χ0n) is 36.7. The molecule has 8 aromatic rings. The quantitative estimate of drug-likeness (QED) is 0.172. The van der Waals surface area contributed by atoms with Crippen LogP contribution in [-0.2, 0) is 21.7 Å². The van der Waals surface area contributed by atoms with E-state index in [2.05, 4.69) is 236 Å². The third-order valence-electron chi connectivity index (χ3n) is 14.2. The van der Waals surface area contributed by atoms with Crippen molar-refractivity contribution < 1.29 is 0 Å². The SMILES string of the molecule is CC(C)(C)c1cc2c(c(C(C)(C)C)c1)C1(c3ccccc3-c3ccccc31)c1cc(N(c3ccc(-c4ccccc4)cc3)c3ccc4c(c3)C(C)(C)c3ccccc3-4)ccc1-2. The van der Waals surface area contributed by atoms with Gasteiger partial charge in [-0.2, -0.15) is 0 Å². The zero-order valence-corrected chi connectivity index (χ0v) is 36.7. The molecule has 3 aliphatic rings. The molecule has 0 unspecified atom stereocenters. The average molecular weight is 788 g/mol. The summed E-state index contributed by atoms with van der Waals surface area (Å²) in [6.07, 6.45) is 0. The first-order valence-electron chi connectivity index (χ1n) is 22.0. The maximum Gasteiger partial charge on any atom is 0.0729 e. The molecule has 0 N–H and O–H groups in total. The average Bonchev–Trinajstić information content (AvgIpc) is 3.81. The minimum absolute atomic E-state index is 0.0138. The molecule has 298 valence electrons. The van der Waals surface area contributed by atoms with E-state index in [-0.39, 0.29) is 16.2 Å². The Morgan fingerprint density at radius 2 is 0.820 bits per heavy atom. The van der Waals surface area contributed by atoms with Crippen LogP contribution in [0.2, 0.25) is 0 Å². The minimum atomic E-state index is -0.489. The number of rotatable bonds is 4. The number of nitrogens with zero attached hydrogens (tertiary/aromatic N) is 1. The van der Waals surface area contributed by atoms with Crippen molar-refractivity contribution in [3.63, 3.8) is 0 Å². The van der Waals surface area contributed by atoms with Crippen LogP contribution < -0.4 is 4.90 Å². The third kappa shape index (κ3) is 5.39. The van der Waals surface area contributed by atoms with Crippen LogP contribution in [0.3, 0.4) is 0 Å². The number of anilines is 3. The Bertz CT molecular complexity index is 3010. The smallest absolute Gasteiger partial charge is 0.0729 e. The molecular weight excluding hydrogens is 735 g/mol. The van der Waals surface area contributed by atoms with Crippen molar-refractivity contribution in [1.29, 1.82) is 0 Å². The van der Waals surface area contributed by atoms with Gasteiger partial charge in [0.15, 0.2) is 0 Å². The Morgan fingerprint density at radius 1 is 0.361 bits per heavy atom. The fourth-order valence-electron chi connectivity index (χ4n) is 11.1. The molecule has 0 heterocycles. The van der Waals surface area contributed by atoms with E-state index >= 15 is 0 Å². The highest BCUT2D eigenvalue weighted by atomic mass is 15.1. The lowest BCUT2D eigenvalue weighted by molar-refractivity contribution is 0.558. The van der Waals surface area contributed by atoms with Crippen LogP contribution in [0.15, 0.2) is 176 Å². The molecule has 8 aromatic carbocycles.